The molecule has 136 valence electrons. The molecule has 1 aliphatic rings. The van der Waals surface area contributed by atoms with E-state index in [0.717, 1.165) is 37.7 Å². The molecular weight excluding hydrogens is 306 g/mol. The molecule has 7 nitrogen and oxygen atoms in total. The number of rotatable bonds is 5. The van der Waals surface area contributed by atoms with Crippen molar-refractivity contribution in [3.05, 3.63) is 11.8 Å². The third-order valence-corrected chi connectivity index (χ3v) is 4.53. The fourth-order valence-corrected chi connectivity index (χ4v) is 2.76. The normalized spacial score (nSPS) is 18.6. The standard InChI is InChI=1S/C17H31N5O2/c1-13-10-15(20(5)19-13)18-16(24)12-22-8-6-21(7-9-22)11-14(23)17(2,3)4/h10,14,23H,6-9,11-12H2,1-5H3,(H,18,24)/t14-/m0/s1. The summed E-state index contributed by atoms with van der Waals surface area (Å²) in [6.45, 7) is 12.6. The van der Waals surface area contributed by atoms with Crippen LogP contribution in [0.5, 0.6) is 0 Å². The van der Waals surface area contributed by atoms with E-state index in [1.807, 2.05) is 20.0 Å². The van der Waals surface area contributed by atoms with Gasteiger partial charge in [0.15, 0.2) is 0 Å². The third-order valence-electron chi connectivity index (χ3n) is 4.53. The summed E-state index contributed by atoms with van der Waals surface area (Å²) in [5.41, 5.74) is 0.789. The number of nitrogens with one attached hydrogen (secondary N) is 1. The molecule has 1 amide bonds. The quantitative estimate of drug-likeness (QED) is 0.827. The van der Waals surface area contributed by atoms with E-state index >= 15 is 0 Å². The minimum absolute atomic E-state index is 0.0128. The van der Waals surface area contributed by atoms with Crippen molar-refractivity contribution in [3.63, 3.8) is 0 Å². The Labute approximate surface area is 144 Å². The summed E-state index contributed by atoms with van der Waals surface area (Å²) >= 11 is 0. The number of aliphatic hydroxyl groups excluding tert-OH is 1. The molecule has 1 aromatic heterocycles. The molecule has 2 rings (SSSR count). The fraction of sp³-hybridized carbons (Fsp3) is 0.765. The fourth-order valence-electron chi connectivity index (χ4n) is 2.76. The average Bonchev–Trinajstić information content (AvgIpc) is 2.77. The van der Waals surface area contributed by atoms with Crippen LogP contribution in [0, 0.1) is 12.3 Å². The summed E-state index contributed by atoms with van der Waals surface area (Å²) in [7, 11) is 1.82. The molecule has 7 heteroatoms. The van der Waals surface area contributed by atoms with Crippen molar-refractivity contribution in [3.8, 4) is 0 Å². The largest absolute Gasteiger partial charge is 0.391 e. The molecule has 0 spiro atoms. The predicted molar refractivity (Wildman–Crippen MR) is 94.9 cm³/mol. The number of aliphatic hydroxyl groups is 1. The van der Waals surface area contributed by atoms with Crippen molar-refractivity contribution in [2.75, 3.05) is 44.6 Å². The van der Waals surface area contributed by atoms with Gasteiger partial charge in [0.25, 0.3) is 0 Å². The van der Waals surface area contributed by atoms with E-state index in [2.05, 4.69) is 41.0 Å². The zero-order chi connectivity index (χ0) is 17.9. The van der Waals surface area contributed by atoms with E-state index in [1.165, 1.54) is 0 Å². The molecule has 1 atom stereocenters. The Morgan fingerprint density at radius 2 is 1.88 bits per heavy atom. The second-order valence-corrected chi connectivity index (χ2v) is 7.80. The van der Waals surface area contributed by atoms with Crippen LogP contribution in [0.2, 0.25) is 0 Å². The molecule has 1 aliphatic heterocycles. The minimum Gasteiger partial charge on any atom is -0.391 e. The molecule has 2 N–H and O–H groups in total. The predicted octanol–water partition coefficient (Wildman–Crippen LogP) is 0.692. The summed E-state index contributed by atoms with van der Waals surface area (Å²) in [5, 5.41) is 17.3. The highest BCUT2D eigenvalue weighted by molar-refractivity contribution is 5.91. The topological polar surface area (TPSA) is 73.6 Å². The third kappa shape index (κ3) is 5.29. The first kappa shape index (κ1) is 18.9. The van der Waals surface area contributed by atoms with Gasteiger partial charge in [-0.3, -0.25) is 19.3 Å². The van der Waals surface area contributed by atoms with Gasteiger partial charge in [-0.15, -0.1) is 0 Å². The number of anilines is 1. The van der Waals surface area contributed by atoms with E-state index < -0.39 is 0 Å². The molecule has 0 aromatic carbocycles. The molecule has 1 aromatic rings. The molecule has 0 radical (unpaired) electrons. The first-order chi connectivity index (χ1) is 11.1. The minimum atomic E-state index is -0.333. The van der Waals surface area contributed by atoms with Crippen molar-refractivity contribution < 1.29 is 9.90 Å². The Morgan fingerprint density at radius 3 is 2.38 bits per heavy atom. The summed E-state index contributed by atoms with van der Waals surface area (Å²) in [6, 6.07) is 1.86. The number of aromatic nitrogens is 2. The molecule has 0 unspecified atom stereocenters. The number of hydrogen-bond acceptors (Lipinski definition) is 5. The van der Waals surface area contributed by atoms with Gasteiger partial charge in [-0.25, -0.2) is 0 Å². The van der Waals surface area contributed by atoms with Gasteiger partial charge in [-0.05, 0) is 12.3 Å². The Bertz CT molecular complexity index is 556. The monoisotopic (exact) mass is 337 g/mol. The molecule has 24 heavy (non-hydrogen) atoms. The number of β-amino-alcohol motifs (C(OH)–C–C–N with tert-alkyl or cyclic N) is 1. The summed E-state index contributed by atoms with van der Waals surface area (Å²) < 4.78 is 1.68. The number of hydrogen-bond donors (Lipinski definition) is 2. The van der Waals surface area contributed by atoms with Gasteiger partial charge in [0.05, 0.1) is 18.3 Å². The first-order valence-corrected chi connectivity index (χ1v) is 8.58. The number of carbonyl (C=O) groups excluding carboxylic acids is 1. The van der Waals surface area contributed by atoms with E-state index in [9.17, 15) is 9.90 Å². The maximum atomic E-state index is 12.2. The maximum absolute atomic E-state index is 12.2. The van der Waals surface area contributed by atoms with Gasteiger partial charge < -0.3 is 10.4 Å². The zero-order valence-electron chi connectivity index (χ0n) is 15.5. The highest BCUT2D eigenvalue weighted by Gasteiger charge is 2.26. The van der Waals surface area contributed by atoms with Crippen LogP contribution in [-0.2, 0) is 11.8 Å². The number of carbonyl (C=O) groups is 1. The smallest absolute Gasteiger partial charge is 0.239 e. The maximum Gasteiger partial charge on any atom is 0.239 e. The lowest BCUT2D eigenvalue weighted by Crippen LogP contribution is -2.51. The van der Waals surface area contributed by atoms with Gasteiger partial charge in [0.2, 0.25) is 5.91 Å². The van der Waals surface area contributed by atoms with Crippen molar-refractivity contribution in [1.82, 2.24) is 19.6 Å². The number of piperazine rings is 1. The SMILES string of the molecule is Cc1cc(NC(=O)CN2CCN(C[C@H](O)C(C)(C)C)CC2)n(C)n1. The number of amides is 1. The lowest BCUT2D eigenvalue weighted by Gasteiger charge is -2.37. The van der Waals surface area contributed by atoms with Crippen molar-refractivity contribution in [2.45, 2.75) is 33.8 Å². The molecule has 0 aliphatic carbocycles. The lowest BCUT2D eigenvalue weighted by atomic mass is 9.89. The van der Waals surface area contributed by atoms with E-state index in [4.69, 9.17) is 0 Å². The van der Waals surface area contributed by atoms with E-state index in [1.54, 1.807) is 4.68 Å². The van der Waals surface area contributed by atoms with Gasteiger partial charge in [-0.1, -0.05) is 20.8 Å². The van der Waals surface area contributed by atoms with Crippen LogP contribution in [0.1, 0.15) is 26.5 Å². The second-order valence-electron chi connectivity index (χ2n) is 7.80. The number of aryl methyl sites for hydroxylation is 2. The van der Waals surface area contributed by atoms with Crippen LogP contribution in [0.15, 0.2) is 6.07 Å². The van der Waals surface area contributed by atoms with Crippen molar-refractivity contribution in [2.24, 2.45) is 12.5 Å². The van der Waals surface area contributed by atoms with Crippen LogP contribution in [0.3, 0.4) is 0 Å². The molecule has 1 fully saturated rings. The second kappa shape index (κ2) is 7.63. The van der Waals surface area contributed by atoms with E-state index in [0.29, 0.717) is 13.1 Å². The van der Waals surface area contributed by atoms with Crippen LogP contribution < -0.4 is 5.32 Å². The van der Waals surface area contributed by atoms with Crippen LogP contribution >= 0.6 is 0 Å². The van der Waals surface area contributed by atoms with Crippen molar-refractivity contribution in [1.29, 1.82) is 0 Å². The van der Waals surface area contributed by atoms with Crippen LogP contribution in [0.4, 0.5) is 5.82 Å². The Kier molecular flexibility index (Phi) is 6.01. The van der Waals surface area contributed by atoms with Crippen LogP contribution in [0.25, 0.3) is 0 Å². The molecule has 2 heterocycles. The molecule has 0 bridgehead atoms. The van der Waals surface area contributed by atoms with Gasteiger partial charge in [0.1, 0.15) is 5.82 Å². The summed E-state index contributed by atoms with van der Waals surface area (Å²) in [4.78, 5) is 16.6. The van der Waals surface area contributed by atoms with E-state index in [-0.39, 0.29) is 17.4 Å². The van der Waals surface area contributed by atoms with Gasteiger partial charge in [0, 0.05) is 45.8 Å². The molecule has 0 saturated carbocycles. The highest BCUT2D eigenvalue weighted by atomic mass is 16.3. The van der Waals surface area contributed by atoms with Gasteiger partial charge in [-0.2, -0.15) is 5.10 Å². The summed E-state index contributed by atoms with van der Waals surface area (Å²) in [6.07, 6.45) is -0.333. The average molecular weight is 337 g/mol. The lowest BCUT2D eigenvalue weighted by molar-refractivity contribution is -0.117. The Hall–Kier alpha value is -1.44. The highest BCUT2D eigenvalue weighted by Crippen LogP contribution is 2.20. The van der Waals surface area contributed by atoms with Crippen LogP contribution in [-0.4, -0.2) is 76.0 Å². The summed E-state index contributed by atoms with van der Waals surface area (Å²) in [5.74, 6) is 0.714. The number of nitrogens with zero attached hydrogens (tertiary/aromatic N) is 4. The first-order valence-electron chi connectivity index (χ1n) is 8.58. The Balaban J connectivity index is 1.74. The Morgan fingerprint density at radius 1 is 1.29 bits per heavy atom. The molecule has 1 saturated heterocycles. The van der Waals surface area contributed by atoms with Gasteiger partial charge >= 0.3 is 0 Å². The zero-order valence-corrected chi connectivity index (χ0v) is 15.5. The molecular formula is C17H31N5O2. The van der Waals surface area contributed by atoms with Crippen molar-refractivity contribution >= 4 is 11.7 Å².